The number of amides is 2. The van der Waals surface area contributed by atoms with Crippen molar-refractivity contribution in [1.29, 1.82) is 0 Å². The van der Waals surface area contributed by atoms with E-state index in [-0.39, 0.29) is 28.1 Å². The third kappa shape index (κ3) is 3.23. The summed E-state index contributed by atoms with van der Waals surface area (Å²) in [7, 11) is 0. The van der Waals surface area contributed by atoms with Crippen molar-refractivity contribution in [2.75, 3.05) is 4.90 Å². The predicted molar refractivity (Wildman–Crippen MR) is 102 cm³/mol. The molecule has 3 aromatic rings. The Balaban J connectivity index is 1.61. The zero-order valence-corrected chi connectivity index (χ0v) is 14.8. The Morgan fingerprint density at radius 2 is 1.59 bits per heavy atom. The van der Waals surface area contributed by atoms with Crippen molar-refractivity contribution in [3.63, 3.8) is 0 Å². The lowest BCUT2D eigenvalue weighted by Crippen LogP contribution is -2.29. The number of nitro benzene ring substituents is 1. The number of non-ortho nitro benzene ring substituents is 1. The first-order valence-corrected chi connectivity index (χ1v) is 8.50. The van der Waals surface area contributed by atoms with Crippen molar-refractivity contribution < 1.29 is 24.0 Å². The van der Waals surface area contributed by atoms with Gasteiger partial charge in [-0.1, -0.05) is 24.3 Å². The fourth-order valence-electron chi connectivity index (χ4n) is 3.01. The average molecular weight is 388 g/mol. The number of nitro groups is 1. The standard InChI is InChI=1S/C21H12N2O6/c24-19-17-10-9-13(21(26)29-16-8-4-7-15(12-16)23(27)28)11-18(17)20(25)22(19)14-5-2-1-3-6-14/h1-12H. The molecule has 0 aliphatic carbocycles. The molecule has 0 atom stereocenters. The highest BCUT2D eigenvalue weighted by Gasteiger charge is 2.37. The van der Waals surface area contributed by atoms with Crippen LogP contribution >= 0.6 is 0 Å². The van der Waals surface area contributed by atoms with E-state index in [9.17, 15) is 24.5 Å². The lowest BCUT2D eigenvalue weighted by molar-refractivity contribution is -0.384. The molecule has 3 aromatic carbocycles. The van der Waals surface area contributed by atoms with E-state index in [1.165, 1.54) is 36.4 Å². The van der Waals surface area contributed by atoms with Crippen LogP contribution in [0.1, 0.15) is 31.1 Å². The molecule has 0 bridgehead atoms. The molecule has 142 valence electrons. The highest BCUT2D eigenvalue weighted by Crippen LogP contribution is 2.29. The number of carbonyl (C=O) groups excluding carboxylic acids is 3. The summed E-state index contributed by atoms with van der Waals surface area (Å²) < 4.78 is 5.17. The van der Waals surface area contributed by atoms with Gasteiger partial charge in [0.15, 0.2) is 0 Å². The summed E-state index contributed by atoms with van der Waals surface area (Å²) in [5, 5.41) is 10.8. The van der Waals surface area contributed by atoms with E-state index >= 15 is 0 Å². The van der Waals surface area contributed by atoms with Crippen LogP contribution in [0.4, 0.5) is 11.4 Å². The first kappa shape index (κ1) is 18.1. The Labute approximate surface area is 164 Å². The minimum atomic E-state index is -0.799. The zero-order valence-electron chi connectivity index (χ0n) is 14.8. The van der Waals surface area contributed by atoms with Gasteiger partial charge in [0, 0.05) is 6.07 Å². The van der Waals surface area contributed by atoms with Gasteiger partial charge < -0.3 is 4.74 Å². The Bertz CT molecular complexity index is 1170. The monoisotopic (exact) mass is 388 g/mol. The van der Waals surface area contributed by atoms with Gasteiger partial charge in [-0.3, -0.25) is 19.7 Å². The largest absolute Gasteiger partial charge is 0.423 e. The van der Waals surface area contributed by atoms with Crippen molar-refractivity contribution in [1.82, 2.24) is 0 Å². The second-order valence-corrected chi connectivity index (χ2v) is 6.19. The van der Waals surface area contributed by atoms with Gasteiger partial charge in [0.2, 0.25) is 0 Å². The molecule has 8 heteroatoms. The van der Waals surface area contributed by atoms with Crippen LogP contribution in [0.15, 0.2) is 72.8 Å². The quantitative estimate of drug-likeness (QED) is 0.222. The average Bonchev–Trinajstić information content (AvgIpc) is 2.98. The molecule has 0 fully saturated rings. The number of hydrogen-bond acceptors (Lipinski definition) is 6. The molecule has 4 rings (SSSR count). The lowest BCUT2D eigenvalue weighted by atomic mass is 10.1. The normalized spacial score (nSPS) is 12.6. The van der Waals surface area contributed by atoms with Crippen molar-refractivity contribution in [2.45, 2.75) is 0 Å². The van der Waals surface area contributed by atoms with Gasteiger partial charge >= 0.3 is 5.97 Å². The summed E-state index contributed by atoms with van der Waals surface area (Å²) >= 11 is 0. The van der Waals surface area contributed by atoms with Gasteiger partial charge in [-0.15, -0.1) is 0 Å². The van der Waals surface area contributed by atoms with Gasteiger partial charge in [0.1, 0.15) is 5.75 Å². The van der Waals surface area contributed by atoms with Crippen LogP contribution in [0.5, 0.6) is 5.75 Å². The molecule has 0 spiro atoms. The number of imide groups is 1. The predicted octanol–water partition coefficient (Wildman–Crippen LogP) is 3.61. The number of benzene rings is 3. The number of ether oxygens (including phenoxy) is 1. The molecule has 8 nitrogen and oxygen atoms in total. The van der Waals surface area contributed by atoms with E-state index in [1.54, 1.807) is 30.3 Å². The fraction of sp³-hybridized carbons (Fsp3) is 0. The Morgan fingerprint density at radius 3 is 2.31 bits per heavy atom. The molecule has 0 saturated carbocycles. The van der Waals surface area contributed by atoms with Crippen LogP contribution in [-0.4, -0.2) is 22.7 Å². The number of carbonyl (C=O) groups is 3. The molecule has 29 heavy (non-hydrogen) atoms. The van der Waals surface area contributed by atoms with Gasteiger partial charge in [0.25, 0.3) is 17.5 Å². The molecular weight excluding hydrogens is 376 g/mol. The molecule has 1 heterocycles. The third-order valence-corrected chi connectivity index (χ3v) is 4.38. The van der Waals surface area contributed by atoms with Crippen LogP contribution in [0.3, 0.4) is 0 Å². The molecule has 0 N–H and O–H groups in total. The van der Waals surface area contributed by atoms with E-state index in [0.29, 0.717) is 5.69 Å². The van der Waals surface area contributed by atoms with Crippen LogP contribution in [0.25, 0.3) is 0 Å². The summed E-state index contributed by atoms with van der Waals surface area (Å²) in [4.78, 5) is 49.1. The van der Waals surface area contributed by atoms with Crippen molar-refractivity contribution >= 4 is 29.2 Å². The topological polar surface area (TPSA) is 107 Å². The molecular formula is C21H12N2O6. The summed E-state index contributed by atoms with van der Waals surface area (Å²) in [6, 6.07) is 17.7. The molecule has 0 aromatic heterocycles. The van der Waals surface area contributed by atoms with Crippen LogP contribution in [-0.2, 0) is 0 Å². The van der Waals surface area contributed by atoms with E-state index in [1.807, 2.05) is 0 Å². The maximum absolute atomic E-state index is 12.7. The minimum Gasteiger partial charge on any atom is -0.423 e. The maximum Gasteiger partial charge on any atom is 0.343 e. The van der Waals surface area contributed by atoms with Crippen LogP contribution < -0.4 is 9.64 Å². The molecule has 0 radical (unpaired) electrons. The number of nitrogens with zero attached hydrogens (tertiary/aromatic N) is 2. The molecule has 0 unspecified atom stereocenters. The highest BCUT2D eigenvalue weighted by molar-refractivity contribution is 6.34. The van der Waals surface area contributed by atoms with E-state index in [0.717, 1.165) is 11.0 Å². The number of para-hydroxylation sites is 1. The van der Waals surface area contributed by atoms with Crippen LogP contribution in [0.2, 0.25) is 0 Å². The number of anilines is 1. The number of rotatable bonds is 4. The smallest absolute Gasteiger partial charge is 0.343 e. The number of fused-ring (bicyclic) bond motifs is 1. The Hall–Kier alpha value is -4.33. The molecule has 2 amide bonds. The zero-order chi connectivity index (χ0) is 20.5. The summed E-state index contributed by atoms with van der Waals surface area (Å²) in [5.74, 6) is -1.82. The van der Waals surface area contributed by atoms with Crippen molar-refractivity contribution in [2.24, 2.45) is 0 Å². The number of hydrogen-bond donors (Lipinski definition) is 0. The minimum absolute atomic E-state index is 0.00184. The van der Waals surface area contributed by atoms with E-state index in [2.05, 4.69) is 0 Å². The third-order valence-electron chi connectivity index (χ3n) is 4.38. The molecule has 0 saturated heterocycles. The Kier molecular flexibility index (Phi) is 4.36. The lowest BCUT2D eigenvalue weighted by Gasteiger charge is -2.13. The van der Waals surface area contributed by atoms with Gasteiger partial charge in [-0.25, -0.2) is 9.69 Å². The summed E-state index contributed by atoms with van der Waals surface area (Å²) in [6.45, 7) is 0. The second kappa shape index (κ2) is 7.01. The highest BCUT2D eigenvalue weighted by atomic mass is 16.6. The number of esters is 1. The van der Waals surface area contributed by atoms with Crippen molar-refractivity contribution in [3.8, 4) is 5.75 Å². The van der Waals surface area contributed by atoms with Crippen molar-refractivity contribution in [3.05, 3.63) is 99.6 Å². The molecule has 1 aliphatic heterocycles. The van der Waals surface area contributed by atoms with Gasteiger partial charge in [-0.2, -0.15) is 0 Å². The SMILES string of the molecule is O=C(Oc1cccc([N+](=O)[O-])c1)c1ccc2c(c1)C(=O)N(c1ccccc1)C2=O. The second-order valence-electron chi connectivity index (χ2n) is 6.19. The molecule has 1 aliphatic rings. The van der Waals surface area contributed by atoms with Gasteiger partial charge in [-0.05, 0) is 36.4 Å². The first-order chi connectivity index (χ1) is 14.0. The van der Waals surface area contributed by atoms with Gasteiger partial charge in [0.05, 0.1) is 33.4 Å². The van der Waals surface area contributed by atoms with E-state index < -0.39 is 22.7 Å². The van der Waals surface area contributed by atoms with Crippen LogP contribution in [0, 0.1) is 10.1 Å². The maximum atomic E-state index is 12.7. The van der Waals surface area contributed by atoms with E-state index in [4.69, 9.17) is 4.74 Å². The first-order valence-electron chi connectivity index (χ1n) is 8.50. The Morgan fingerprint density at radius 1 is 0.862 bits per heavy atom. The fourth-order valence-corrected chi connectivity index (χ4v) is 3.01. The summed E-state index contributed by atoms with van der Waals surface area (Å²) in [6.07, 6.45) is 0. The summed E-state index contributed by atoms with van der Waals surface area (Å²) in [5.41, 5.74) is 0.535.